The highest BCUT2D eigenvalue weighted by Gasteiger charge is 2.74. The van der Waals surface area contributed by atoms with Crippen molar-refractivity contribution in [2.75, 3.05) is 12.0 Å². The molecule has 2 aromatic rings. The van der Waals surface area contributed by atoms with Crippen molar-refractivity contribution in [1.29, 1.82) is 0 Å². The van der Waals surface area contributed by atoms with Crippen LogP contribution in [0, 0.1) is 29.1 Å². The Hall–Kier alpha value is -3.11. The van der Waals surface area contributed by atoms with Crippen molar-refractivity contribution in [3.05, 3.63) is 77.2 Å². The topological polar surface area (TPSA) is 66.8 Å². The summed E-state index contributed by atoms with van der Waals surface area (Å²) in [6.07, 6.45) is 2.18. The summed E-state index contributed by atoms with van der Waals surface area (Å²) in [5, 5.41) is 10.7. The largest absolute Gasteiger partial charge is 0.504 e. The maximum atomic E-state index is 14.6. The molecule has 0 saturated carbocycles. The van der Waals surface area contributed by atoms with E-state index in [4.69, 9.17) is 27.9 Å². The molecule has 1 N–H and O–H groups in total. The van der Waals surface area contributed by atoms with Crippen LogP contribution in [0.1, 0.15) is 17.9 Å². The number of imide groups is 1. The molecule has 2 amide bonds. The number of rotatable bonds is 4. The minimum Gasteiger partial charge on any atom is -0.504 e. The predicted molar refractivity (Wildman–Crippen MR) is 116 cm³/mol. The number of carbonyl (C=O) groups is 2. The van der Waals surface area contributed by atoms with Gasteiger partial charge in [-0.1, -0.05) is 30.9 Å². The maximum absolute atomic E-state index is 14.6. The van der Waals surface area contributed by atoms with Gasteiger partial charge in [0.1, 0.15) is 5.69 Å². The third-order valence-electron chi connectivity index (χ3n) is 6.19. The number of hydrogen-bond donors (Lipinski definition) is 1. The van der Waals surface area contributed by atoms with Gasteiger partial charge in [-0.2, -0.15) is 0 Å². The van der Waals surface area contributed by atoms with E-state index in [-0.39, 0.29) is 21.8 Å². The summed E-state index contributed by atoms with van der Waals surface area (Å²) in [4.78, 5) is 21.7. The summed E-state index contributed by atoms with van der Waals surface area (Å²) >= 11 is 13.3. The standard InChI is InChI=1S/C23H14Cl2F5NO4/c1-3-9-7-8-22(24)20(33)31(18-16(29)14(27)13(26)15(28)17(18)30)21(34)23(22,25)12(9)10-5-4-6-11(35-2)19(10)32/h3-7,12,32H,1,8H2,2H3/t12-,22-,23+/m1/s1. The van der Waals surface area contributed by atoms with Gasteiger partial charge in [-0.3, -0.25) is 9.59 Å². The van der Waals surface area contributed by atoms with E-state index < -0.39 is 74.4 Å². The molecule has 12 heteroatoms. The van der Waals surface area contributed by atoms with Gasteiger partial charge in [0, 0.05) is 11.5 Å². The number of allylic oxidation sites excluding steroid dienone is 3. The Kier molecular flexibility index (Phi) is 5.88. The second-order valence-corrected chi connectivity index (χ2v) is 9.06. The number of aromatic hydroxyl groups is 1. The second-order valence-electron chi connectivity index (χ2n) is 7.82. The van der Waals surface area contributed by atoms with Crippen molar-refractivity contribution in [2.24, 2.45) is 0 Å². The predicted octanol–water partition coefficient (Wildman–Crippen LogP) is 5.22. The highest BCUT2D eigenvalue weighted by Crippen LogP contribution is 2.61. The van der Waals surface area contributed by atoms with Crippen LogP contribution in [0.5, 0.6) is 11.5 Å². The number of nitrogens with zero attached hydrogens (tertiary/aromatic N) is 1. The minimum absolute atomic E-state index is 0.0367. The van der Waals surface area contributed by atoms with Crippen LogP contribution in [0.3, 0.4) is 0 Å². The second kappa shape index (κ2) is 8.23. The number of hydrogen-bond acceptors (Lipinski definition) is 4. The molecule has 2 aromatic carbocycles. The molecule has 2 aliphatic rings. The van der Waals surface area contributed by atoms with E-state index in [1.165, 1.54) is 37.5 Å². The lowest BCUT2D eigenvalue weighted by Crippen LogP contribution is -2.54. The summed E-state index contributed by atoms with van der Waals surface area (Å²) in [6, 6.07) is 4.16. The van der Waals surface area contributed by atoms with E-state index in [1.807, 2.05) is 0 Å². The molecular weight excluding hydrogens is 520 g/mol. The van der Waals surface area contributed by atoms with Gasteiger partial charge in [-0.25, -0.2) is 26.9 Å². The normalized spacial score (nSPS) is 26.0. The fraction of sp³-hybridized carbons (Fsp3) is 0.217. The number of alkyl halides is 2. The van der Waals surface area contributed by atoms with Crippen LogP contribution in [0.4, 0.5) is 27.6 Å². The van der Waals surface area contributed by atoms with Crippen molar-refractivity contribution in [3.63, 3.8) is 0 Å². The third-order valence-corrected chi connectivity index (χ3v) is 7.60. The average Bonchev–Trinajstić information content (AvgIpc) is 2.99. The van der Waals surface area contributed by atoms with Gasteiger partial charge in [0.2, 0.25) is 5.82 Å². The van der Waals surface area contributed by atoms with Gasteiger partial charge in [-0.05, 0) is 18.1 Å². The number of para-hydroxylation sites is 1. The zero-order chi connectivity index (χ0) is 26.0. The highest BCUT2D eigenvalue weighted by atomic mass is 35.5. The molecule has 1 fully saturated rings. The summed E-state index contributed by atoms with van der Waals surface area (Å²) in [6.45, 7) is 3.63. The lowest BCUT2D eigenvalue weighted by molar-refractivity contribution is -0.122. The summed E-state index contributed by atoms with van der Waals surface area (Å²) in [7, 11) is 1.25. The van der Waals surface area contributed by atoms with Gasteiger partial charge >= 0.3 is 0 Å². The first kappa shape index (κ1) is 25.0. The zero-order valence-electron chi connectivity index (χ0n) is 17.6. The lowest BCUT2D eigenvalue weighted by atomic mass is 9.68. The monoisotopic (exact) mass is 533 g/mol. The zero-order valence-corrected chi connectivity index (χ0v) is 19.2. The van der Waals surface area contributed by atoms with Crippen LogP contribution in [0.2, 0.25) is 0 Å². The van der Waals surface area contributed by atoms with Crippen LogP contribution in [0.15, 0.2) is 42.5 Å². The Balaban J connectivity index is 2.02. The number of amides is 2. The van der Waals surface area contributed by atoms with Gasteiger partial charge in [0.15, 0.2) is 44.5 Å². The Morgan fingerprint density at radius 1 is 1.06 bits per heavy atom. The number of benzene rings is 2. The molecule has 184 valence electrons. The first-order valence-corrected chi connectivity index (χ1v) is 10.6. The number of phenolic OH excluding ortho intramolecular Hbond substituents is 1. The van der Waals surface area contributed by atoms with Crippen molar-refractivity contribution >= 4 is 40.7 Å². The number of carbonyl (C=O) groups excluding carboxylic acids is 2. The molecular formula is C23H14Cl2F5NO4. The molecule has 4 rings (SSSR count). The first-order valence-electron chi connectivity index (χ1n) is 9.85. The molecule has 35 heavy (non-hydrogen) atoms. The van der Waals surface area contributed by atoms with Crippen LogP contribution in [0.25, 0.3) is 0 Å². The van der Waals surface area contributed by atoms with Gasteiger partial charge in [0.05, 0.1) is 7.11 Å². The average molecular weight is 534 g/mol. The molecule has 5 nitrogen and oxygen atoms in total. The van der Waals surface area contributed by atoms with E-state index in [0.29, 0.717) is 0 Å². The van der Waals surface area contributed by atoms with E-state index >= 15 is 0 Å². The Morgan fingerprint density at radius 2 is 1.63 bits per heavy atom. The number of phenols is 1. The molecule has 1 heterocycles. The van der Waals surface area contributed by atoms with Crippen molar-refractivity contribution in [2.45, 2.75) is 22.1 Å². The minimum atomic E-state index is -2.58. The molecule has 1 aliphatic heterocycles. The molecule has 1 saturated heterocycles. The van der Waals surface area contributed by atoms with E-state index in [0.717, 1.165) is 0 Å². The Morgan fingerprint density at radius 3 is 2.17 bits per heavy atom. The van der Waals surface area contributed by atoms with Crippen LogP contribution in [-0.2, 0) is 9.59 Å². The van der Waals surface area contributed by atoms with Crippen LogP contribution >= 0.6 is 23.2 Å². The van der Waals surface area contributed by atoms with Crippen LogP contribution < -0.4 is 9.64 Å². The van der Waals surface area contributed by atoms with Gasteiger partial charge in [0.25, 0.3) is 11.8 Å². The summed E-state index contributed by atoms with van der Waals surface area (Å²) < 4.78 is 75.7. The highest BCUT2D eigenvalue weighted by molar-refractivity contribution is 6.58. The molecule has 0 aromatic heterocycles. The molecule has 1 aliphatic carbocycles. The fourth-order valence-electron chi connectivity index (χ4n) is 4.48. The number of fused-ring (bicyclic) bond motifs is 1. The lowest BCUT2D eigenvalue weighted by Gasteiger charge is -2.42. The third kappa shape index (κ3) is 3.05. The summed E-state index contributed by atoms with van der Waals surface area (Å²) in [5.74, 6) is -17.1. The van der Waals surface area contributed by atoms with E-state index in [9.17, 15) is 36.6 Å². The molecule has 3 atom stereocenters. The molecule has 0 spiro atoms. The molecule has 0 unspecified atom stereocenters. The van der Waals surface area contributed by atoms with Gasteiger partial charge < -0.3 is 9.84 Å². The van der Waals surface area contributed by atoms with Crippen molar-refractivity contribution < 1.29 is 41.4 Å². The maximum Gasteiger partial charge on any atom is 0.258 e. The molecule has 0 bridgehead atoms. The molecule has 0 radical (unpaired) electrons. The number of methoxy groups -OCH3 is 1. The Labute approximate surface area is 205 Å². The number of anilines is 1. The van der Waals surface area contributed by atoms with Crippen molar-refractivity contribution in [3.8, 4) is 11.5 Å². The number of halogens is 7. The summed E-state index contributed by atoms with van der Waals surface area (Å²) in [5.41, 5.74) is -1.66. The fourth-order valence-corrected chi connectivity index (χ4v) is 5.31. The van der Waals surface area contributed by atoms with Crippen LogP contribution in [-0.4, -0.2) is 33.8 Å². The van der Waals surface area contributed by atoms with E-state index in [2.05, 4.69) is 6.58 Å². The smallest absolute Gasteiger partial charge is 0.258 e. The Bertz CT molecular complexity index is 1320. The first-order chi connectivity index (χ1) is 16.4. The van der Waals surface area contributed by atoms with E-state index in [1.54, 1.807) is 0 Å². The SMILES string of the molecule is C=CC1=CC[C@@]2(Cl)C(=O)N(c3c(F)c(F)c(F)c(F)c3F)C(=O)[C@@]2(Cl)[C@H]1c1cccc(OC)c1O. The number of ether oxygens (including phenoxy) is 1. The van der Waals surface area contributed by atoms with Crippen molar-refractivity contribution in [1.82, 2.24) is 0 Å². The van der Waals surface area contributed by atoms with Gasteiger partial charge in [-0.15, -0.1) is 23.2 Å². The quantitative estimate of drug-likeness (QED) is 0.192.